The molecule has 0 spiro atoms. The third kappa shape index (κ3) is 7.98. The van der Waals surface area contributed by atoms with Crippen LogP contribution < -0.4 is 20.3 Å². The Balaban J connectivity index is 1.36. The molecule has 1 aliphatic rings. The lowest BCUT2D eigenvalue weighted by molar-refractivity contribution is -0.274. The van der Waals surface area contributed by atoms with Crippen LogP contribution in [-0.4, -0.2) is 62.8 Å². The van der Waals surface area contributed by atoms with Crippen molar-refractivity contribution in [3.8, 4) is 5.75 Å². The fraction of sp³-hybridized carbons (Fsp3) is 0.391. The molecule has 2 aromatic carbocycles. The highest BCUT2D eigenvalue weighted by atomic mass is 19.4. The summed E-state index contributed by atoms with van der Waals surface area (Å²) in [5.74, 6) is -2.12. The number of nitrogens with one attached hydrogen (secondary N) is 2. The van der Waals surface area contributed by atoms with E-state index in [0.29, 0.717) is 13.0 Å². The van der Waals surface area contributed by atoms with Gasteiger partial charge in [0.25, 0.3) is 0 Å². The maximum atomic E-state index is 12.2. The molecule has 178 valence electrons. The van der Waals surface area contributed by atoms with Gasteiger partial charge in [0.1, 0.15) is 5.75 Å². The highest BCUT2D eigenvalue weighted by molar-refractivity contribution is 6.39. The molecule has 1 heterocycles. The van der Waals surface area contributed by atoms with Gasteiger partial charge in [-0.2, -0.15) is 0 Å². The molecule has 33 heavy (non-hydrogen) atoms. The van der Waals surface area contributed by atoms with Crippen LogP contribution in [0.2, 0.25) is 0 Å². The van der Waals surface area contributed by atoms with Crippen LogP contribution in [0.15, 0.2) is 48.5 Å². The summed E-state index contributed by atoms with van der Waals surface area (Å²) < 4.78 is 40.3. The lowest BCUT2D eigenvalue weighted by Crippen LogP contribution is -2.44. The lowest BCUT2D eigenvalue weighted by atomic mass is 10.1. The van der Waals surface area contributed by atoms with Crippen molar-refractivity contribution in [2.45, 2.75) is 19.2 Å². The van der Waals surface area contributed by atoms with E-state index >= 15 is 0 Å². The topological polar surface area (TPSA) is 73.9 Å². The maximum absolute atomic E-state index is 12.2. The number of anilines is 2. The zero-order valence-electron chi connectivity index (χ0n) is 18.3. The monoisotopic (exact) mass is 464 g/mol. The van der Waals surface area contributed by atoms with E-state index in [0.717, 1.165) is 50.3 Å². The SMILES string of the molecule is CN1CCN(c2ccc(CCCNC(=O)C(=O)Nc3ccc(OC(F)(F)F)cc3)cc2)CC1. The Morgan fingerprint density at radius 3 is 2.18 bits per heavy atom. The number of alkyl halides is 3. The molecular formula is C23H27F3N4O3. The largest absolute Gasteiger partial charge is 0.573 e. The lowest BCUT2D eigenvalue weighted by Gasteiger charge is -2.34. The van der Waals surface area contributed by atoms with Crippen molar-refractivity contribution in [1.29, 1.82) is 0 Å². The van der Waals surface area contributed by atoms with Gasteiger partial charge in [-0.15, -0.1) is 13.2 Å². The minimum absolute atomic E-state index is 0.185. The molecule has 0 radical (unpaired) electrons. The second-order valence-corrected chi connectivity index (χ2v) is 7.84. The van der Waals surface area contributed by atoms with Crippen LogP contribution in [0.5, 0.6) is 5.75 Å². The molecule has 0 unspecified atom stereocenters. The highest BCUT2D eigenvalue weighted by Gasteiger charge is 2.31. The van der Waals surface area contributed by atoms with Gasteiger partial charge < -0.3 is 25.2 Å². The molecule has 1 saturated heterocycles. The zero-order chi connectivity index (χ0) is 23.8. The number of piperazine rings is 1. The van der Waals surface area contributed by atoms with Gasteiger partial charge in [-0.05, 0) is 61.9 Å². The maximum Gasteiger partial charge on any atom is 0.573 e. The van der Waals surface area contributed by atoms with E-state index < -0.39 is 23.9 Å². The van der Waals surface area contributed by atoms with Crippen LogP contribution in [0.25, 0.3) is 0 Å². The van der Waals surface area contributed by atoms with E-state index in [1.54, 1.807) is 0 Å². The van der Waals surface area contributed by atoms with Crippen molar-refractivity contribution in [2.24, 2.45) is 0 Å². The third-order valence-corrected chi connectivity index (χ3v) is 5.28. The van der Waals surface area contributed by atoms with Crippen LogP contribution in [0.4, 0.5) is 24.5 Å². The average Bonchev–Trinajstić information content (AvgIpc) is 2.78. The molecule has 0 saturated carbocycles. The van der Waals surface area contributed by atoms with E-state index in [-0.39, 0.29) is 5.69 Å². The Morgan fingerprint density at radius 1 is 0.939 bits per heavy atom. The summed E-state index contributed by atoms with van der Waals surface area (Å²) in [5, 5.41) is 4.88. The van der Waals surface area contributed by atoms with Crippen molar-refractivity contribution in [1.82, 2.24) is 10.2 Å². The third-order valence-electron chi connectivity index (χ3n) is 5.28. The van der Waals surface area contributed by atoms with Crippen LogP contribution in [0, 0.1) is 0 Å². The van der Waals surface area contributed by atoms with Gasteiger partial charge in [0, 0.05) is 44.1 Å². The van der Waals surface area contributed by atoms with Crippen LogP contribution >= 0.6 is 0 Å². The van der Waals surface area contributed by atoms with Crippen molar-refractivity contribution in [3.05, 3.63) is 54.1 Å². The molecular weight excluding hydrogens is 437 g/mol. The molecule has 2 aromatic rings. The van der Waals surface area contributed by atoms with E-state index in [2.05, 4.69) is 56.5 Å². The normalized spacial score (nSPS) is 14.6. The van der Waals surface area contributed by atoms with Gasteiger partial charge in [-0.25, -0.2) is 0 Å². The molecule has 3 rings (SSSR count). The predicted octanol–water partition coefficient (Wildman–Crippen LogP) is 3.02. The Bertz CT molecular complexity index is 925. The number of halogens is 3. The number of hydrogen-bond donors (Lipinski definition) is 2. The molecule has 2 amide bonds. The Labute approximate surface area is 190 Å². The number of nitrogens with zero attached hydrogens (tertiary/aromatic N) is 2. The second-order valence-electron chi connectivity index (χ2n) is 7.84. The number of carbonyl (C=O) groups excluding carboxylic acids is 2. The van der Waals surface area contributed by atoms with Crippen molar-refractivity contribution in [2.75, 3.05) is 50.0 Å². The molecule has 0 aliphatic carbocycles. The van der Waals surface area contributed by atoms with E-state index in [1.165, 1.54) is 17.8 Å². The van der Waals surface area contributed by atoms with Gasteiger partial charge in [0.2, 0.25) is 0 Å². The van der Waals surface area contributed by atoms with E-state index in [4.69, 9.17) is 0 Å². The number of benzene rings is 2. The van der Waals surface area contributed by atoms with Gasteiger partial charge in [-0.3, -0.25) is 9.59 Å². The van der Waals surface area contributed by atoms with Crippen molar-refractivity contribution in [3.63, 3.8) is 0 Å². The standard InChI is InChI=1S/C23H27F3N4O3/c1-29-13-15-30(16-14-29)19-8-4-17(5-9-19)3-2-12-27-21(31)22(32)28-18-6-10-20(11-7-18)33-23(24,25)26/h4-11H,2-3,12-16H2,1H3,(H,27,31)(H,28,32). The Kier molecular flexibility index (Phi) is 8.16. The molecule has 0 atom stereocenters. The Hall–Kier alpha value is -3.27. The van der Waals surface area contributed by atoms with Crippen LogP contribution in [-0.2, 0) is 16.0 Å². The molecule has 10 heteroatoms. The Morgan fingerprint density at radius 2 is 1.58 bits per heavy atom. The highest BCUT2D eigenvalue weighted by Crippen LogP contribution is 2.24. The first-order chi connectivity index (χ1) is 15.7. The first-order valence-corrected chi connectivity index (χ1v) is 10.7. The molecule has 0 aromatic heterocycles. The van der Waals surface area contributed by atoms with Crippen molar-refractivity contribution >= 4 is 23.2 Å². The summed E-state index contributed by atoms with van der Waals surface area (Å²) in [6.07, 6.45) is -3.38. The molecule has 0 bridgehead atoms. The fourth-order valence-corrected chi connectivity index (χ4v) is 3.44. The minimum atomic E-state index is -4.79. The molecule has 1 fully saturated rings. The van der Waals surface area contributed by atoms with E-state index in [9.17, 15) is 22.8 Å². The fourth-order valence-electron chi connectivity index (χ4n) is 3.44. The second kappa shape index (κ2) is 11.0. The van der Waals surface area contributed by atoms with Crippen LogP contribution in [0.3, 0.4) is 0 Å². The summed E-state index contributed by atoms with van der Waals surface area (Å²) in [6, 6.07) is 12.9. The quantitative estimate of drug-likeness (QED) is 0.487. The molecule has 7 nitrogen and oxygen atoms in total. The number of likely N-dealkylation sites (N-methyl/N-ethyl adjacent to an activating group) is 1. The number of hydrogen-bond acceptors (Lipinski definition) is 5. The number of amides is 2. The van der Waals surface area contributed by atoms with Gasteiger partial charge in [0.05, 0.1) is 0 Å². The number of carbonyl (C=O) groups is 2. The number of rotatable bonds is 7. The summed E-state index contributed by atoms with van der Waals surface area (Å²) >= 11 is 0. The number of ether oxygens (including phenoxy) is 1. The summed E-state index contributed by atoms with van der Waals surface area (Å²) in [7, 11) is 2.12. The minimum Gasteiger partial charge on any atom is -0.406 e. The van der Waals surface area contributed by atoms with Gasteiger partial charge >= 0.3 is 18.2 Å². The predicted molar refractivity (Wildman–Crippen MR) is 119 cm³/mol. The smallest absolute Gasteiger partial charge is 0.406 e. The molecule has 1 aliphatic heterocycles. The van der Waals surface area contributed by atoms with Gasteiger partial charge in [-0.1, -0.05) is 12.1 Å². The first kappa shape index (κ1) is 24.4. The van der Waals surface area contributed by atoms with E-state index in [1.807, 2.05) is 0 Å². The first-order valence-electron chi connectivity index (χ1n) is 10.7. The average molecular weight is 464 g/mol. The zero-order valence-corrected chi connectivity index (χ0v) is 18.3. The number of aryl methyl sites for hydroxylation is 1. The van der Waals surface area contributed by atoms with Crippen LogP contribution in [0.1, 0.15) is 12.0 Å². The summed E-state index contributed by atoms with van der Waals surface area (Å²) in [6.45, 7) is 4.44. The van der Waals surface area contributed by atoms with Crippen molar-refractivity contribution < 1.29 is 27.5 Å². The van der Waals surface area contributed by atoms with Gasteiger partial charge in [0.15, 0.2) is 0 Å². The molecule has 2 N–H and O–H groups in total. The summed E-state index contributed by atoms with van der Waals surface area (Å²) in [5.41, 5.74) is 2.53. The summed E-state index contributed by atoms with van der Waals surface area (Å²) in [4.78, 5) is 28.6.